The molecule has 0 N–H and O–H groups in total. The maximum atomic E-state index is 12.7. The maximum absolute atomic E-state index is 12.7. The van der Waals surface area contributed by atoms with Crippen molar-refractivity contribution in [2.75, 3.05) is 45.6 Å². The van der Waals surface area contributed by atoms with Gasteiger partial charge in [0.1, 0.15) is 0 Å². The van der Waals surface area contributed by atoms with Crippen molar-refractivity contribution in [1.82, 2.24) is 9.80 Å². The summed E-state index contributed by atoms with van der Waals surface area (Å²) in [4.78, 5) is 28.4. The summed E-state index contributed by atoms with van der Waals surface area (Å²) in [6, 6.07) is 8.21. The Morgan fingerprint density at radius 1 is 1.18 bits per heavy atom. The SMILES string of the molecule is COC[C@@]12CCN(C(=O)CCS(=O)(=O)c3ccccc3)C[C@@H]1CN(C(C)=O)C2. The van der Waals surface area contributed by atoms with Gasteiger partial charge in [-0.2, -0.15) is 0 Å². The van der Waals surface area contributed by atoms with Crippen LogP contribution in [0.2, 0.25) is 0 Å². The number of carbonyl (C=O) groups is 2. The van der Waals surface area contributed by atoms with E-state index in [0.29, 0.717) is 32.8 Å². The molecule has 0 bridgehead atoms. The number of piperidine rings is 1. The van der Waals surface area contributed by atoms with E-state index in [9.17, 15) is 18.0 Å². The van der Waals surface area contributed by atoms with E-state index < -0.39 is 9.84 Å². The number of fused-ring (bicyclic) bond motifs is 1. The molecule has 7 nitrogen and oxygen atoms in total. The molecule has 1 aromatic carbocycles. The van der Waals surface area contributed by atoms with Gasteiger partial charge in [0.05, 0.1) is 17.3 Å². The quantitative estimate of drug-likeness (QED) is 0.706. The zero-order valence-corrected chi connectivity index (χ0v) is 17.3. The van der Waals surface area contributed by atoms with Crippen molar-refractivity contribution < 1.29 is 22.7 Å². The fourth-order valence-corrected chi connectivity index (χ4v) is 5.65. The van der Waals surface area contributed by atoms with Crippen LogP contribution in [-0.2, 0) is 24.2 Å². The van der Waals surface area contributed by atoms with Crippen LogP contribution in [0.15, 0.2) is 35.2 Å². The van der Waals surface area contributed by atoms with Crippen molar-refractivity contribution in [2.24, 2.45) is 11.3 Å². The lowest BCUT2D eigenvalue weighted by Crippen LogP contribution is -2.51. The zero-order chi connectivity index (χ0) is 20.4. The van der Waals surface area contributed by atoms with E-state index in [0.717, 1.165) is 6.42 Å². The third-order valence-electron chi connectivity index (χ3n) is 6.05. The molecule has 2 aliphatic heterocycles. The van der Waals surface area contributed by atoms with E-state index in [1.54, 1.807) is 49.3 Å². The van der Waals surface area contributed by atoms with E-state index >= 15 is 0 Å². The molecule has 0 spiro atoms. The summed E-state index contributed by atoms with van der Waals surface area (Å²) in [5.41, 5.74) is -0.118. The van der Waals surface area contributed by atoms with Gasteiger partial charge in [-0.1, -0.05) is 18.2 Å². The Bertz CT molecular complexity index is 826. The van der Waals surface area contributed by atoms with Crippen LogP contribution >= 0.6 is 0 Å². The fourth-order valence-electron chi connectivity index (χ4n) is 4.40. The minimum absolute atomic E-state index is 0.0301. The maximum Gasteiger partial charge on any atom is 0.223 e. The number of rotatable bonds is 6. The number of sulfone groups is 1. The van der Waals surface area contributed by atoms with Gasteiger partial charge in [0, 0.05) is 58.0 Å². The molecule has 2 saturated heterocycles. The molecule has 2 heterocycles. The number of nitrogens with zero attached hydrogens (tertiary/aromatic N) is 2. The molecule has 2 amide bonds. The molecule has 154 valence electrons. The van der Waals surface area contributed by atoms with E-state index in [1.165, 1.54) is 0 Å². The van der Waals surface area contributed by atoms with Crippen LogP contribution in [0.3, 0.4) is 0 Å². The molecule has 8 heteroatoms. The molecular weight excluding hydrogens is 380 g/mol. The largest absolute Gasteiger partial charge is 0.384 e. The van der Waals surface area contributed by atoms with Crippen LogP contribution < -0.4 is 0 Å². The molecule has 2 aliphatic rings. The van der Waals surface area contributed by atoms with Crippen molar-refractivity contribution >= 4 is 21.7 Å². The number of amides is 2. The number of hydrogen-bond donors (Lipinski definition) is 0. The van der Waals surface area contributed by atoms with Crippen molar-refractivity contribution in [3.63, 3.8) is 0 Å². The third-order valence-corrected chi connectivity index (χ3v) is 7.78. The highest BCUT2D eigenvalue weighted by Crippen LogP contribution is 2.43. The first-order valence-corrected chi connectivity index (χ1v) is 11.2. The van der Waals surface area contributed by atoms with E-state index in [1.807, 2.05) is 4.90 Å². The number of methoxy groups -OCH3 is 1. The molecule has 2 atom stereocenters. The minimum atomic E-state index is -3.47. The van der Waals surface area contributed by atoms with Gasteiger partial charge in [-0.25, -0.2) is 8.42 Å². The minimum Gasteiger partial charge on any atom is -0.384 e. The average Bonchev–Trinajstić information content (AvgIpc) is 3.06. The Balaban J connectivity index is 1.63. The van der Waals surface area contributed by atoms with Crippen LogP contribution in [-0.4, -0.2) is 75.7 Å². The summed E-state index contributed by atoms with van der Waals surface area (Å²) in [7, 11) is -1.81. The van der Waals surface area contributed by atoms with Crippen molar-refractivity contribution in [2.45, 2.75) is 24.7 Å². The highest BCUT2D eigenvalue weighted by molar-refractivity contribution is 7.91. The smallest absolute Gasteiger partial charge is 0.223 e. The van der Waals surface area contributed by atoms with E-state index in [-0.39, 0.29) is 40.2 Å². The molecule has 1 aromatic rings. The van der Waals surface area contributed by atoms with Gasteiger partial charge in [-0.15, -0.1) is 0 Å². The number of benzene rings is 1. The van der Waals surface area contributed by atoms with Crippen molar-refractivity contribution in [1.29, 1.82) is 0 Å². The second kappa shape index (κ2) is 8.21. The second-order valence-corrected chi connectivity index (χ2v) is 9.97. The predicted molar refractivity (Wildman–Crippen MR) is 104 cm³/mol. The van der Waals surface area contributed by atoms with Gasteiger partial charge >= 0.3 is 0 Å². The summed E-state index contributed by atoms with van der Waals surface area (Å²) >= 11 is 0. The molecule has 2 fully saturated rings. The summed E-state index contributed by atoms with van der Waals surface area (Å²) in [5, 5.41) is 0. The van der Waals surface area contributed by atoms with Gasteiger partial charge in [0.25, 0.3) is 0 Å². The highest BCUT2D eigenvalue weighted by atomic mass is 32.2. The monoisotopic (exact) mass is 408 g/mol. The normalized spacial score (nSPS) is 24.9. The van der Waals surface area contributed by atoms with Crippen LogP contribution in [0.4, 0.5) is 0 Å². The summed E-state index contributed by atoms with van der Waals surface area (Å²) in [6.45, 7) is 4.50. The van der Waals surface area contributed by atoms with Crippen molar-refractivity contribution in [3.8, 4) is 0 Å². The molecular formula is C20H28N2O5S. The molecule has 28 heavy (non-hydrogen) atoms. The van der Waals surface area contributed by atoms with Gasteiger partial charge in [-0.3, -0.25) is 9.59 Å². The van der Waals surface area contributed by atoms with Gasteiger partial charge in [-0.05, 0) is 18.6 Å². The van der Waals surface area contributed by atoms with Crippen LogP contribution in [0, 0.1) is 11.3 Å². The summed E-state index contributed by atoms with van der Waals surface area (Å²) < 4.78 is 30.3. The van der Waals surface area contributed by atoms with Crippen molar-refractivity contribution in [3.05, 3.63) is 30.3 Å². The van der Waals surface area contributed by atoms with Crippen LogP contribution in [0.5, 0.6) is 0 Å². The first kappa shape index (κ1) is 20.8. The number of hydrogen-bond acceptors (Lipinski definition) is 5. The zero-order valence-electron chi connectivity index (χ0n) is 16.5. The van der Waals surface area contributed by atoms with Crippen LogP contribution in [0.1, 0.15) is 19.8 Å². The predicted octanol–water partition coefficient (Wildman–Crippen LogP) is 1.19. The van der Waals surface area contributed by atoms with E-state index in [4.69, 9.17) is 4.74 Å². The summed E-state index contributed by atoms with van der Waals surface area (Å²) in [6.07, 6.45) is 0.726. The second-order valence-electron chi connectivity index (χ2n) is 7.86. The van der Waals surface area contributed by atoms with Crippen LogP contribution in [0.25, 0.3) is 0 Å². The average molecular weight is 409 g/mol. The Hall–Kier alpha value is -1.93. The lowest BCUT2D eigenvalue weighted by molar-refractivity contribution is -0.135. The lowest BCUT2D eigenvalue weighted by atomic mass is 9.73. The topological polar surface area (TPSA) is 84.0 Å². The molecule has 0 saturated carbocycles. The Morgan fingerprint density at radius 2 is 1.86 bits per heavy atom. The molecule has 0 unspecified atom stereocenters. The fraction of sp³-hybridized carbons (Fsp3) is 0.600. The van der Waals surface area contributed by atoms with Gasteiger partial charge in [0.15, 0.2) is 9.84 Å². The number of carbonyl (C=O) groups excluding carboxylic acids is 2. The highest BCUT2D eigenvalue weighted by Gasteiger charge is 2.50. The number of ether oxygens (including phenoxy) is 1. The molecule has 0 radical (unpaired) electrons. The Morgan fingerprint density at radius 3 is 2.50 bits per heavy atom. The third kappa shape index (κ3) is 4.22. The molecule has 3 rings (SSSR count). The Labute approximate surface area is 166 Å². The standard InChI is InChI=1S/C20H28N2O5S/c1-16(23)22-13-17-12-21(10-9-20(17,14-22)15-27-2)19(24)8-11-28(25,26)18-6-4-3-5-7-18/h3-7,17H,8-15H2,1-2H3/t17-,20+/m1/s1. The molecule has 0 aromatic heterocycles. The van der Waals surface area contributed by atoms with Gasteiger partial charge in [0.2, 0.25) is 11.8 Å². The molecule has 0 aliphatic carbocycles. The van der Waals surface area contributed by atoms with E-state index in [2.05, 4.69) is 0 Å². The summed E-state index contributed by atoms with van der Waals surface area (Å²) in [5.74, 6) is -0.150. The number of likely N-dealkylation sites (tertiary alicyclic amines) is 2. The lowest BCUT2D eigenvalue weighted by Gasteiger charge is -2.43. The first-order chi connectivity index (χ1) is 13.3. The Kier molecular flexibility index (Phi) is 6.09. The first-order valence-electron chi connectivity index (χ1n) is 9.57. The van der Waals surface area contributed by atoms with Gasteiger partial charge < -0.3 is 14.5 Å².